The number of carbonyl (C=O) groups is 2. The van der Waals surface area contributed by atoms with Crippen LogP contribution in [0.5, 0.6) is 0 Å². The van der Waals surface area contributed by atoms with Gasteiger partial charge in [0.1, 0.15) is 4.88 Å². The van der Waals surface area contributed by atoms with Crippen LogP contribution in [-0.4, -0.2) is 29.7 Å². The predicted molar refractivity (Wildman–Crippen MR) is 70.4 cm³/mol. The zero-order chi connectivity index (χ0) is 13.9. The van der Waals surface area contributed by atoms with E-state index >= 15 is 0 Å². The van der Waals surface area contributed by atoms with Crippen LogP contribution in [0.15, 0.2) is 5.38 Å². The summed E-state index contributed by atoms with van der Waals surface area (Å²) >= 11 is 1.10. The maximum atomic E-state index is 11.8. The van der Waals surface area contributed by atoms with Crippen molar-refractivity contribution in [1.82, 2.24) is 0 Å². The van der Waals surface area contributed by atoms with Crippen molar-refractivity contribution < 1.29 is 19.4 Å². The highest BCUT2D eigenvalue weighted by Crippen LogP contribution is 2.28. The van der Waals surface area contributed by atoms with E-state index < -0.39 is 11.6 Å². The normalized spacial score (nSPS) is 11.3. The van der Waals surface area contributed by atoms with Crippen LogP contribution in [0.25, 0.3) is 0 Å². The molecule has 6 heteroatoms. The molecule has 0 saturated heterocycles. The Kier molecular flexibility index (Phi) is 4.48. The van der Waals surface area contributed by atoms with Gasteiger partial charge in [-0.15, -0.1) is 11.3 Å². The number of aromatic carboxylic acids is 1. The summed E-state index contributed by atoms with van der Waals surface area (Å²) in [6.45, 7) is 5.36. The molecular formula is C12H17NO4S. The van der Waals surface area contributed by atoms with E-state index in [9.17, 15) is 9.59 Å². The first-order chi connectivity index (χ1) is 8.26. The topological polar surface area (TPSA) is 75.6 Å². The Morgan fingerprint density at radius 1 is 1.50 bits per heavy atom. The van der Waals surface area contributed by atoms with Crippen LogP contribution < -0.4 is 5.32 Å². The number of thiophene rings is 1. The number of hydrogen-bond acceptors (Lipinski definition) is 4. The van der Waals surface area contributed by atoms with E-state index in [-0.39, 0.29) is 17.2 Å². The van der Waals surface area contributed by atoms with Gasteiger partial charge in [-0.1, -0.05) is 0 Å². The summed E-state index contributed by atoms with van der Waals surface area (Å²) < 4.78 is 5.16. The van der Waals surface area contributed by atoms with Crippen LogP contribution in [0.2, 0.25) is 0 Å². The van der Waals surface area contributed by atoms with Crippen molar-refractivity contribution in [1.29, 1.82) is 0 Å². The lowest BCUT2D eigenvalue weighted by Crippen LogP contribution is -2.29. The van der Waals surface area contributed by atoms with E-state index in [4.69, 9.17) is 9.84 Å². The smallest absolute Gasteiger partial charge is 0.348 e. The van der Waals surface area contributed by atoms with Gasteiger partial charge in [0, 0.05) is 7.11 Å². The highest BCUT2D eigenvalue weighted by atomic mass is 32.1. The van der Waals surface area contributed by atoms with Crippen LogP contribution in [0.3, 0.4) is 0 Å². The van der Waals surface area contributed by atoms with Crippen LogP contribution >= 0.6 is 11.3 Å². The molecule has 5 nitrogen and oxygen atoms in total. The SMILES string of the molecule is COC(C)(C)CC(=O)Nc1c(C)csc1C(=O)O. The molecule has 0 fully saturated rings. The third-order valence-electron chi connectivity index (χ3n) is 2.57. The Balaban J connectivity index is 2.82. The standard InChI is InChI=1S/C12H17NO4S/c1-7-6-18-10(11(15)16)9(7)13-8(14)5-12(2,3)17-4/h6H,5H2,1-4H3,(H,13,14)(H,15,16). The van der Waals surface area contributed by atoms with Crippen LogP contribution in [0, 0.1) is 6.92 Å². The Morgan fingerprint density at radius 2 is 2.11 bits per heavy atom. The van der Waals surface area contributed by atoms with Gasteiger partial charge >= 0.3 is 5.97 Å². The summed E-state index contributed by atoms with van der Waals surface area (Å²) in [5.74, 6) is -1.29. The second-order valence-electron chi connectivity index (χ2n) is 4.62. The van der Waals surface area contributed by atoms with E-state index in [1.54, 1.807) is 26.2 Å². The second kappa shape index (κ2) is 5.49. The Bertz CT molecular complexity index is 465. The van der Waals surface area contributed by atoms with Gasteiger partial charge in [0.25, 0.3) is 0 Å². The maximum Gasteiger partial charge on any atom is 0.348 e. The summed E-state index contributed by atoms with van der Waals surface area (Å²) in [5, 5.41) is 13.4. The molecule has 0 saturated carbocycles. The quantitative estimate of drug-likeness (QED) is 0.862. The monoisotopic (exact) mass is 271 g/mol. The largest absolute Gasteiger partial charge is 0.477 e. The number of anilines is 1. The molecule has 0 aliphatic carbocycles. The minimum atomic E-state index is -1.03. The summed E-state index contributed by atoms with van der Waals surface area (Å²) in [7, 11) is 1.53. The molecule has 100 valence electrons. The summed E-state index contributed by atoms with van der Waals surface area (Å²) in [4.78, 5) is 23.0. The predicted octanol–water partition coefficient (Wildman–Crippen LogP) is 2.51. The highest BCUT2D eigenvalue weighted by Gasteiger charge is 2.23. The fourth-order valence-electron chi connectivity index (χ4n) is 1.40. The lowest BCUT2D eigenvalue weighted by atomic mass is 10.0. The Morgan fingerprint density at radius 3 is 2.61 bits per heavy atom. The fourth-order valence-corrected chi connectivity index (χ4v) is 2.24. The van der Waals surface area contributed by atoms with Crippen molar-refractivity contribution in [3.63, 3.8) is 0 Å². The third-order valence-corrected chi connectivity index (χ3v) is 3.66. The Hall–Kier alpha value is -1.40. The Labute approximate surface area is 110 Å². The average Bonchev–Trinajstić information content (AvgIpc) is 2.60. The number of methoxy groups -OCH3 is 1. The number of ether oxygens (including phenoxy) is 1. The summed E-state index contributed by atoms with van der Waals surface area (Å²) in [6.07, 6.45) is 0.165. The molecule has 1 amide bonds. The van der Waals surface area contributed by atoms with E-state index in [0.717, 1.165) is 16.9 Å². The van der Waals surface area contributed by atoms with Crippen molar-refractivity contribution in [3.05, 3.63) is 15.8 Å². The third kappa shape index (κ3) is 3.54. The van der Waals surface area contributed by atoms with Crippen molar-refractivity contribution >= 4 is 28.9 Å². The van der Waals surface area contributed by atoms with Gasteiger partial charge < -0.3 is 15.2 Å². The molecule has 1 aromatic rings. The van der Waals surface area contributed by atoms with Crippen molar-refractivity contribution in [2.75, 3.05) is 12.4 Å². The van der Waals surface area contributed by atoms with Crippen LogP contribution in [-0.2, 0) is 9.53 Å². The number of carboxylic acids is 1. The molecule has 0 radical (unpaired) electrons. The van der Waals surface area contributed by atoms with Gasteiger partial charge in [0.05, 0.1) is 17.7 Å². The first kappa shape index (κ1) is 14.7. The lowest BCUT2D eigenvalue weighted by Gasteiger charge is -2.22. The fraction of sp³-hybridized carbons (Fsp3) is 0.500. The first-order valence-electron chi connectivity index (χ1n) is 5.43. The van der Waals surface area contributed by atoms with Crippen LogP contribution in [0.4, 0.5) is 5.69 Å². The molecule has 0 aliphatic rings. The number of amides is 1. The number of carboxylic acid groups (broad SMARTS) is 1. The number of carbonyl (C=O) groups excluding carboxylic acids is 1. The minimum Gasteiger partial charge on any atom is -0.477 e. The van der Waals surface area contributed by atoms with E-state index in [1.807, 2.05) is 0 Å². The molecule has 0 aliphatic heterocycles. The molecule has 1 aromatic heterocycles. The van der Waals surface area contributed by atoms with Gasteiger partial charge in [-0.2, -0.15) is 0 Å². The van der Waals surface area contributed by atoms with Crippen molar-refractivity contribution in [2.45, 2.75) is 32.8 Å². The molecule has 1 heterocycles. The second-order valence-corrected chi connectivity index (χ2v) is 5.50. The number of nitrogens with one attached hydrogen (secondary N) is 1. The van der Waals surface area contributed by atoms with Gasteiger partial charge in [-0.25, -0.2) is 4.79 Å². The van der Waals surface area contributed by atoms with Crippen molar-refractivity contribution in [2.24, 2.45) is 0 Å². The molecule has 0 aromatic carbocycles. The zero-order valence-corrected chi connectivity index (χ0v) is 11.7. The molecular weight excluding hydrogens is 254 g/mol. The highest BCUT2D eigenvalue weighted by molar-refractivity contribution is 7.12. The first-order valence-corrected chi connectivity index (χ1v) is 6.31. The molecule has 0 unspecified atom stereocenters. The maximum absolute atomic E-state index is 11.8. The van der Waals surface area contributed by atoms with E-state index in [2.05, 4.69) is 5.32 Å². The van der Waals surface area contributed by atoms with Gasteiger partial charge in [-0.05, 0) is 31.7 Å². The van der Waals surface area contributed by atoms with Crippen LogP contribution in [0.1, 0.15) is 35.5 Å². The number of aryl methyl sites for hydroxylation is 1. The van der Waals surface area contributed by atoms with E-state index in [0.29, 0.717) is 5.69 Å². The molecule has 0 bridgehead atoms. The van der Waals surface area contributed by atoms with E-state index in [1.165, 1.54) is 7.11 Å². The molecule has 0 atom stereocenters. The van der Waals surface area contributed by atoms with Gasteiger partial charge in [-0.3, -0.25) is 4.79 Å². The molecule has 1 rings (SSSR count). The minimum absolute atomic E-state index is 0.149. The molecule has 18 heavy (non-hydrogen) atoms. The number of hydrogen-bond donors (Lipinski definition) is 2. The van der Waals surface area contributed by atoms with Crippen molar-refractivity contribution in [3.8, 4) is 0 Å². The van der Waals surface area contributed by atoms with Gasteiger partial charge in [0.2, 0.25) is 5.91 Å². The number of rotatable bonds is 5. The lowest BCUT2D eigenvalue weighted by molar-refractivity contribution is -0.121. The average molecular weight is 271 g/mol. The molecule has 0 spiro atoms. The zero-order valence-electron chi connectivity index (χ0n) is 10.9. The summed E-state index contributed by atoms with van der Waals surface area (Å²) in [6, 6.07) is 0. The van der Waals surface area contributed by atoms with Gasteiger partial charge in [0.15, 0.2) is 0 Å². The summed E-state index contributed by atoms with van der Waals surface area (Å²) in [5.41, 5.74) is 0.558. The molecule has 2 N–H and O–H groups in total.